The van der Waals surface area contributed by atoms with Crippen molar-refractivity contribution in [2.24, 2.45) is 0 Å². The molecule has 34 heavy (non-hydrogen) atoms. The van der Waals surface area contributed by atoms with Crippen molar-refractivity contribution in [3.8, 4) is 22.5 Å². The molecule has 0 aliphatic heterocycles. The lowest BCUT2D eigenvalue weighted by atomic mass is 10.0. The first kappa shape index (κ1) is 21.6. The Bertz CT molecular complexity index is 1470. The van der Waals surface area contributed by atoms with Crippen molar-refractivity contribution in [3.05, 3.63) is 89.8 Å². The molecule has 2 aromatic carbocycles. The first-order valence-corrected chi connectivity index (χ1v) is 11.2. The SMILES string of the molecule is Cc1ccccc1-c1cc(C(=O)NCc2cc(-c3ccccc3)no2)c2cnn(C(C)C)c2n1. The Morgan fingerprint density at radius 1 is 1.03 bits per heavy atom. The van der Waals surface area contributed by atoms with E-state index in [9.17, 15) is 4.79 Å². The van der Waals surface area contributed by atoms with Crippen LogP contribution in [0, 0.1) is 6.92 Å². The normalized spacial score (nSPS) is 11.3. The highest BCUT2D eigenvalue weighted by atomic mass is 16.5. The van der Waals surface area contributed by atoms with Gasteiger partial charge in [0, 0.05) is 23.2 Å². The second kappa shape index (κ2) is 8.94. The zero-order chi connectivity index (χ0) is 23.7. The Labute approximate surface area is 197 Å². The number of nitrogens with one attached hydrogen (secondary N) is 1. The molecule has 0 saturated carbocycles. The fourth-order valence-corrected chi connectivity index (χ4v) is 3.99. The van der Waals surface area contributed by atoms with Gasteiger partial charge in [-0.25, -0.2) is 9.67 Å². The van der Waals surface area contributed by atoms with E-state index in [1.165, 1.54) is 0 Å². The monoisotopic (exact) mass is 451 g/mol. The maximum absolute atomic E-state index is 13.3. The zero-order valence-corrected chi connectivity index (χ0v) is 19.3. The number of amides is 1. The quantitative estimate of drug-likeness (QED) is 0.365. The highest BCUT2D eigenvalue weighted by Gasteiger charge is 2.19. The van der Waals surface area contributed by atoms with Gasteiger partial charge in [-0.1, -0.05) is 59.8 Å². The lowest BCUT2D eigenvalue weighted by Gasteiger charge is -2.12. The van der Waals surface area contributed by atoms with Crippen LogP contribution in [-0.2, 0) is 6.54 Å². The molecule has 0 aliphatic carbocycles. The van der Waals surface area contributed by atoms with Crippen LogP contribution in [0.3, 0.4) is 0 Å². The highest BCUT2D eigenvalue weighted by Crippen LogP contribution is 2.28. The van der Waals surface area contributed by atoms with Crippen LogP contribution >= 0.6 is 0 Å². The van der Waals surface area contributed by atoms with Crippen molar-refractivity contribution in [3.63, 3.8) is 0 Å². The predicted octanol–water partition coefficient (Wildman–Crippen LogP) is 5.57. The van der Waals surface area contributed by atoms with E-state index in [-0.39, 0.29) is 18.5 Å². The summed E-state index contributed by atoms with van der Waals surface area (Å²) >= 11 is 0. The molecule has 7 heteroatoms. The summed E-state index contributed by atoms with van der Waals surface area (Å²) in [7, 11) is 0. The van der Waals surface area contributed by atoms with E-state index in [1.54, 1.807) is 6.20 Å². The molecule has 3 heterocycles. The largest absolute Gasteiger partial charge is 0.359 e. The molecule has 5 aromatic rings. The van der Waals surface area contributed by atoms with Crippen molar-refractivity contribution in [1.82, 2.24) is 25.2 Å². The molecule has 5 rings (SSSR count). The van der Waals surface area contributed by atoms with Gasteiger partial charge in [-0.3, -0.25) is 4.79 Å². The summed E-state index contributed by atoms with van der Waals surface area (Å²) in [6, 6.07) is 21.6. The number of carbonyl (C=O) groups is 1. The van der Waals surface area contributed by atoms with Crippen LogP contribution in [0.1, 0.15) is 41.6 Å². The van der Waals surface area contributed by atoms with Gasteiger partial charge < -0.3 is 9.84 Å². The summed E-state index contributed by atoms with van der Waals surface area (Å²) in [4.78, 5) is 18.2. The van der Waals surface area contributed by atoms with E-state index >= 15 is 0 Å². The first-order chi connectivity index (χ1) is 16.5. The highest BCUT2D eigenvalue weighted by molar-refractivity contribution is 6.06. The summed E-state index contributed by atoms with van der Waals surface area (Å²) in [6.07, 6.45) is 1.71. The van der Waals surface area contributed by atoms with Gasteiger partial charge in [-0.2, -0.15) is 5.10 Å². The molecule has 0 bridgehead atoms. The van der Waals surface area contributed by atoms with Gasteiger partial charge in [-0.15, -0.1) is 0 Å². The third-order valence-electron chi connectivity index (χ3n) is 5.77. The number of carbonyl (C=O) groups excluding carboxylic acids is 1. The topological polar surface area (TPSA) is 85.8 Å². The number of aromatic nitrogens is 4. The van der Waals surface area contributed by atoms with Crippen LogP contribution in [0.2, 0.25) is 0 Å². The molecule has 1 amide bonds. The van der Waals surface area contributed by atoms with Crippen molar-refractivity contribution >= 4 is 16.9 Å². The third kappa shape index (κ3) is 4.08. The Kier molecular flexibility index (Phi) is 5.67. The Hall–Kier alpha value is -4.26. The maximum atomic E-state index is 13.3. The van der Waals surface area contributed by atoms with E-state index in [1.807, 2.05) is 92.2 Å². The summed E-state index contributed by atoms with van der Waals surface area (Å²) < 4.78 is 7.29. The molecular weight excluding hydrogens is 426 g/mol. The van der Waals surface area contributed by atoms with E-state index in [0.29, 0.717) is 22.4 Å². The van der Waals surface area contributed by atoms with Crippen molar-refractivity contribution < 1.29 is 9.32 Å². The lowest BCUT2D eigenvalue weighted by Crippen LogP contribution is -2.23. The van der Waals surface area contributed by atoms with Crippen molar-refractivity contribution in [1.29, 1.82) is 0 Å². The second-order valence-electron chi connectivity index (χ2n) is 8.52. The molecule has 0 radical (unpaired) electrons. The summed E-state index contributed by atoms with van der Waals surface area (Å²) in [5.74, 6) is 0.359. The number of pyridine rings is 1. The van der Waals surface area contributed by atoms with E-state index in [4.69, 9.17) is 9.51 Å². The number of aryl methyl sites for hydroxylation is 1. The van der Waals surface area contributed by atoms with Crippen LogP contribution in [0.25, 0.3) is 33.5 Å². The van der Waals surface area contributed by atoms with Crippen molar-refractivity contribution in [2.45, 2.75) is 33.4 Å². The fraction of sp³-hybridized carbons (Fsp3) is 0.185. The number of fused-ring (bicyclic) bond motifs is 1. The molecular formula is C27H25N5O2. The van der Waals surface area contributed by atoms with E-state index in [0.717, 1.165) is 28.1 Å². The Morgan fingerprint density at radius 3 is 2.56 bits per heavy atom. The van der Waals surface area contributed by atoms with Gasteiger partial charge in [-0.05, 0) is 32.4 Å². The molecule has 0 atom stereocenters. The van der Waals surface area contributed by atoms with Crippen LogP contribution in [-0.4, -0.2) is 25.8 Å². The zero-order valence-electron chi connectivity index (χ0n) is 19.3. The molecule has 0 aliphatic rings. The number of hydrogen-bond donors (Lipinski definition) is 1. The van der Waals surface area contributed by atoms with Crippen LogP contribution in [0.4, 0.5) is 0 Å². The fourth-order valence-electron chi connectivity index (χ4n) is 3.99. The van der Waals surface area contributed by atoms with Gasteiger partial charge in [0.2, 0.25) is 0 Å². The minimum absolute atomic E-state index is 0.110. The second-order valence-corrected chi connectivity index (χ2v) is 8.52. The van der Waals surface area contributed by atoms with Gasteiger partial charge in [0.1, 0.15) is 5.69 Å². The molecule has 1 N–H and O–H groups in total. The first-order valence-electron chi connectivity index (χ1n) is 11.2. The maximum Gasteiger partial charge on any atom is 0.252 e. The smallest absolute Gasteiger partial charge is 0.252 e. The van der Waals surface area contributed by atoms with Crippen LogP contribution < -0.4 is 5.32 Å². The summed E-state index contributed by atoms with van der Waals surface area (Å²) in [5, 5.41) is 12.3. The minimum Gasteiger partial charge on any atom is -0.359 e. The van der Waals surface area contributed by atoms with Gasteiger partial charge in [0.25, 0.3) is 5.91 Å². The standard InChI is InChI=1S/C27H25N5O2/c1-17(2)32-26-23(16-29-32)22(14-25(30-26)21-12-8-7-9-18(21)3)27(33)28-15-20-13-24(31-34-20)19-10-5-4-6-11-19/h4-14,16-17H,15H2,1-3H3,(H,28,33). The molecule has 0 spiro atoms. The predicted molar refractivity (Wildman–Crippen MR) is 131 cm³/mol. The van der Waals surface area contributed by atoms with Crippen molar-refractivity contribution in [2.75, 3.05) is 0 Å². The van der Waals surface area contributed by atoms with Crippen LogP contribution in [0.15, 0.2) is 77.4 Å². The van der Waals surface area contributed by atoms with Gasteiger partial charge >= 0.3 is 0 Å². The third-order valence-corrected chi connectivity index (χ3v) is 5.77. The molecule has 3 aromatic heterocycles. The van der Waals surface area contributed by atoms with Gasteiger partial charge in [0.05, 0.1) is 29.4 Å². The number of nitrogens with zero attached hydrogens (tertiary/aromatic N) is 4. The average Bonchev–Trinajstić information content (AvgIpc) is 3.50. The lowest BCUT2D eigenvalue weighted by molar-refractivity contribution is 0.0948. The summed E-state index contributed by atoms with van der Waals surface area (Å²) in [6.45, 7) is 6.35. The van der Waals surface area contributed by atoms with E-state index < -0.39 is 0 Å². The number of benzene rings is 2. The van der Waals surface area contributed by atoms with Crippen LogP contribution in [0.5, 0.6) is 0 Å². The molecule has 0 unspecified atom stereocenters. The molecule has 0 saturated heterocycles. The van der Waals surface area contributed by atoms with Gasteiger partial charge in [0.15, 0.2) is 11.4 Å². The van der Waals surface area contributed by atoms with E-state index in [2.05, 4.69) is 15.6 Å². The molecule has 7 nitrogen and oxygen atoms in total. The summed E-state index contributed by atoms with van der Waals surface area (Å²) in [5.41, 5.74) is 5.72. The minimum atomic E-state index is -0.219. The molecule has 0 fully saturated rings. The molecule has 170 valence electrons. The number of rotatable bonds is 6. The Balaban J connectivity index is 1.47. The Morgan fingerprint density at radius 2 is 1.79 bits per heavy atom. The average molecular weight is 452 g/mol. The number of hydrogen-bond acceptors (Lipinski definition) is 5.